The maximum Gasteiger partial charge on any atom is 0.326 e. The Kier molecular flexibility index (Phi) is 5.75. The summed E-state index contributed by atoms with van der Waals surface area (Å²) in [6.45, 7) is 2.61. The molecular formula is C18H17FN2O4S. The summed E-state index contributed by atoms with van der Waals surface area (Å²) in [5, 5.41) is 2.21. The van der Waals surface area contributed by atoms with E-state index in [9.17, 15) is 14.0 Å². The van der Waals surface area contributed by atoms with Crippen molar-refractivity contribution in [2.24, 2.45) is 0 Å². The average Bonchev–Trinajstić information content (AvgIpc) is 3.07. The Bertz CT molecular complexity index is 965. The van der Waals surface area contributed by atoms with Gasteiger partial charge in [0, 0.05) is 17.6 Å². The predicted octanol–water partition coefficient (Wildman–Crippen LogP) is 2.84. The minimum atomic E-state index is -0.536. The first-order valence-corrected chi connectivity index (χ1v) is 8.94. The fourth-order valence-corrected chi connectivity index (χ4v) is 3.37. The van der Waals surface area contributed by atoms with Crippen LogP contribution in [0, 0.1) is 5.82 Å². The zero-order valence-corrected chi connectivity index (χ0v) is 14.9. The molecule has 0 saturated heterocycles. The van der Waals surface area contributed by atoms with Crippen molar-refractivity contribution in [2.45, 2.75) is 13.5 Å². The molecule has 0 aliphatic carbocycles. The third-order valence-corrected chi connectivity index (χ3v) is 4.60. The smallest absolute Gasteiger partial charge is 0.326 e. The number of thiophene rings is 1. The van der Waals surface area contributed by atoms with E-state index in [-0.39, 0.29) is 24.5 Å². The second kappa shape index (κ2) is 8.20. The standard InChI is InChI=1S/C18H17FN2O4S/c1-2-24-7-8-25-15(22)9-21-11-20-17-16(18(21)23)14(10-26-17)12-3-5-13(19)6-4-12/h3-6,10-11H,2,7-9H2,1H3. The molecule has 0 aliphatic heterocycles. The number of halogens is 1. The molecule has 0 radical (unpaired) electrons. The Balaban J connectivity index is 1.86. The van der Waals surface area contributed by atoms with E-state index in [1.165, 1.54) is 34.4 Å². The van der Waals surface area contributed by atoms with Gasteiger partial charge in [-0.15, -0.1) is 11.3 Å². The first kappa shape index (κ1) is 18.2. The van der Waals surface area contributed by atoms with Crippen LogP contribution in [0.2, 0.25) is 0 Å². The number of esters is 1. The minimum Gasteiger partial charge on any atom is -0.462 e. The average molecular weight is 376 g/mol. The van der Waals surface area contributed by atoms with Gasteiger partial charge in [0.15, 0.2) is 0 Å². The lowest BCUT2D eigenvalue weighted by Gasteiger charge is -2.07. The Hall–Kier alpha value is -2.58. The van der Waals surface area contributed by atoms with Gasteiger partial charge in [-0.25, -0.2) is 9.37 Å². The van der Waals surface area contributed by atoms with Crippen LogP contribution in [0.15, 0.2) is 40.8 Å². The molecule has 3 rings (SSSR count). The topological polar surface area (TPSA) is 70.4 Å². The lowest BCUT2D eigenvalue weighted by molar-refractivity contribution is -0.145. The number of carbonyl (C=O) groups excluding carboxylic acids is 1. The van der Waals surface area contributed by atoms with Crippen LogP contribution in [-0.4, -0.2) is 35.3 Å². The van der Waals surface area contributed by atoms with Gasteiger partial charge in [0.1, 0.15) is 23.8 Å². The van der Waals surface area contributed by atoms with E-state index in [1.54, 1.807) is 17.5 Å². The van der Waals surface area contributed by atoms with Crippen LogP contribution in [-0.2, 0) is 20.8 Å². The highest BCUT2D eigenvalue weighted by atomic mass is 32.1. The van der Waals surface area contributed by atoms with Gasteiger partial charge < -0.3 is 9.47 Å². The number of aromatic nitrogens is 2. The number of ether oxygens (including phenoxy) is 2. The zero-order chi connectivity index (χ0) is 18.5. The molecule has 2 aromatic heterocycles. The highest BCUT2D eigenvalue weighted by Gasteiger charge is 2.15. The van der Waals surface area contributed by atoms with Gasteiger partial charge in [0.25, 0.3) is 5.56 Å². The zero-order valence-electron chi connectivity index (χ0n) is 14.1. The van der Waals surface area contributed by atoms with Gasteiger partial charge in [-0.3, -0.25) is 14.2 Å². The monoisotopic (exact) mass is 376 g/mol. The van der Waals surface area contributed by atoms with E-state index in [0.29, 0.717) is 34.6 Å². The third-order valence-electron chi connectivity index (χ3n) is 3.71. The fraction of sp³-hybridized carbons (Fsp3) is 0.278. The predicted molar refractivity (Wildman–Crippen MR) is 96.7 cm³/mol. The van der Waals surface area contributed by atoms with Gasteiger partial charge in [-0.05, 0) is 24.6 Å². The van der Waals surface area contributed by atoms with Crippen molar-refractivity contribution in [1.82, 2.24) is 9.55 Å². The molecule has 1 aromatic carbocycles. The summed E-state index contributed by atoms with van der Waals surface area (Å²) < 4.78 is 24.5. The molecule has 3 aromatic rings. The largest absolute Gasteiger partial charge is 0.462 e. The molecule has 6 nitrogen and oxygen atoms in total. The Morgan fingerprint density at radius 3 is 2.77 bits per heavy atom. The first-order valence-electron chi connectivity index (χ1n) is 8.06. The third kappa shape index (κ3) is 3.97. The molecule has 0 amide bonds. The second-order valence-corrected chi connectivity index (χ2v) is 6.29. The van der Waals surface area contributed by atoms with Gasteiger partial charge in [0.05, 0.1) is 18.3 Å². The van der Waals surface area contributed by atoms with Crippen molar-refractivity contribution >= 4 is 27.5 Å². The van der Waals surface area contributed by atoms with E-state index >= 15 is 0 Å². The molecule has 0 spiro atoms. The molecule has 2 heterocycles. The lowest BCUT2D eigenvalue weighted by atomic mass is 10.1. The van der Waals surface area contributed by atoms with E-state index in [0.717, 1.165) is 0 Å². The lowest BCUT2D eigenvalue weighted by Crippen LogP contribution is -2.26. The van der Waals surface area contributed by atoms with Crippen molar-refractivity contribution < 1.29 is 18.7 Å². The summed E-state index contributed by atoms with van der Waals surface area (Å²) >= 11 is 1.32. The summed E-state index contributed by atoms with van der Waals surface area (Å²) in [5.41, 5.74) is 1.05. The van der Waals surface area contributed by atoms with E-state index in [1.807, 2.05) is 6.92 Å². The van der Waals surface area contributed by atoms with E-state index < -0.39 is 5.97 Å². The van der Waals surface area contributed by atoms with Crippen molar-refractivity contribution in [3.8, 4) is 11.1 Å². The fourth-order valence-electron chi connectivity index (χ4n) is 2.47. The number of nitrogens with zero attached hydrogens (tertiary/aromatic N) is 2. The van der Waals surface area contributed by atoms with Gasteiger partial charge >= 0.3 is 5.97 Å². The number of rotatable bonds is 7. The molecule has 0 unspecified atom stereocenters. The van der Waals surface area contributed by atoms with Crippen LogP contribution in [0.4, 0.5) is 4.39 Å². The van der Waals surface area contributed by atoms with Gasteiger partial charge in [-0.1, -0.05) is 12.1 Å². The Morgan fingerprint density at radius 2 is 2.04 bits per heavy atom. The van der Waals surface area contributed by atoms with Crippen LogP contribution < -0.4 is 5.56 Å². The SMILES string of the molecule is CCOCCOC(=O)Cn1cnc2scc(-c3ccc(F)cc3)c2c1=O. The Labute approximate surface area is 152 Å². The van der Waals surface area contributed by atoms with Gasteiger partial charge in [-0.2, -0.15) is 0 Å². The maximum atomic E-state index is 13.1. The summed E-state index contributed by atoms with van der Waals surface area (Å²) in [7, 11) is 0. The molecule has 0 aliphatic rings. The summed E-state index contributed by atoms with van der Waals surface area (Å²) in [6, 6.07) is 5.89. The minimum absolute atomic E-state index is 0.135. The van der Waals surface area contributed by atoms with E-state index in [4.69, 9.17) is 9.47 Å². The first-order chi connectivity index (χ1) is 12.6. The molecule has 0 saturated carbocycles. The van der Waals surface area contributed by atoms with Gasteiger partial charge in [0.2, 0.25) is 0 Å². The van der Waals surface area contributed by atoms with Crippen LogP contribution in [0.3, 0.4) is 0 Å². The number of hydrogen-bond acceptors (Lipinski definition) is 6. The molecule has 8 heteroatoms. The molecule has 136 valence electrons. The normalized spacial score (nSPS) is 11.0. The molecular weight excluding hydrogens is 359 g/mol. The Morgan fingerprint density at radius 1 is 1.27 bits per heavy atom. The van der Waals surface area contributed by atoms with Crippen molar-refractivity contribution in [2.75, 3.05) is 19.8 Å². The van der Waals surface area contributed by atoms with Crippen molar-refractivity contribution in [1.29, 1.82) is 0 Å². The number of hydrogen-bond donors (Lipinski definition) is 0. The number of fused-ring (bicyclic) bond motifs is 1. The van der Waals surface area contributed by atoms with Crippen molar-refractivity contribution in [3.05, 3.63) is 52.1 Å². The summed E-state index contributed by atoms with van der Waals surface area (Å²) in [5.74, 6) is -0.884. The number of carbonyl (C=O) groups is 1. The number of benzene rings is 1. The molecule has 0 fully saturated rings. The van der Waals surface area contributed by atoms with Crippen molar-refractivity contribution in [3.63, 3.8) is 0 Å². The van der Waals surface area contributed by atoms with Crippen LogP contribution >= 0.6 is 11.3 Å². The summed E-state index contributed by atoms with van der Waals surface area (Å²) in [6.07, 6.45) is 1.33. The highest BCUT2D eigenvalue weighted by Crippen LogP contribution is 2.30. The molecule has 26 heavy (non-hydrogen) atoms. The molecule has 0 N–H and O–H groups in total. The summed E-state index contributed by atoms with van der Waals surface area (Å²) in [4.78, 5) is 29.5. The maximum absolute atomic E-state index is 13.1. The molecule has 0 atom stereocenters. The quantitative estimate of drug-likeness (QED) is 0.468. The van der Waals surface area contributed by atoms with Crippen LogP contribution in [0.5, 0.6) is 0 Å². The highest BCUT2D eigenvalue weighted by molar-refractivity contribution is 7.17. The van der Waals surface area contributed by atoms with Crippen LogP contribution in [0.1, 0.15) is 6.92 Å². The van der Waals surface area contributed by atoms with Crippen LogP contribution in [0.25, 0.3) is 21.3 Å². The van der Waals surface area contributed by atoms with E-state index in [2.05, 4.69) is 4.98 Å². The second-order valence-electron chi connectivity index (χ2n) is 5.43. The molecule has 0 bridgehead atoms.